The molecule has 0 aromatic heterocycles. The highest BCUT2D eigenvalue weighted by molar-refractivity contribution is 5.95. The summed E-state index contributed by atoms with van der Waals surface area (Å²) >= 11 is 0. The quantitative estimate of drug-likeness (QED) is 0.655. The summed E-state index contributed by atoms with van der Waals surface area (Å²) in [5, 5.41) is 19.5. The molecule has 1 amide bonds. The molecule has 2 heterocycles. The lowest BCUT2D eigenvalue weighted by atomic mass is 9.81. The zero-order valence-corrected chi connectivity index (χ0v) is 18.3. The lowest BCUT2D eigenvalue weighted by molar-refractivity contribution is 0.0693. The molecule has 2 aliphatic rings. The van der Waals surface area contributed by atoms with Gasteiger partial charge in [-0.1, -0.05) is 24.3 Å². The maximum absolute atomic E-state index is 13.8. The number of fused-ring (bicyclic) bond motifs is 3. The van der Waals surface area contributed by atoms with Gasteiger partial charge in [-0.25, -0.2) is 4.39 Å². The number of likely N-dealkylation sites (N-methyl/N-ethyl adjacent to an activating group) is 1. The second-order valence-electron chi connectivity index (χ2n) is 8.73. The van der Waals surface area contributed by atoms with E-state index in [2.05, 4.69) is 17.0 Å². The van der Waals surface area contributed by atoms with Gasteiger partial charge in [0.15, 0.2) is 0 Å². The monoisotopic (exact) mass is 441 g/mol. The Hall–Kier alpha value is -3.69. The van der Waals surface area contributed by atoms with E-state index < -0.39 is 5.82 Å². The number of nitriles is 1. The van der Waals surface area contributed by atoms with Crippen LogP contribution >= 0.6 is 0 Å². The molecule has 1 N–H and O–H groups in total. The van der Waals surface area contributed by atoms with Crippen molar-refractivity contribution in [2.75, 3.05) is 25.1 Å². The normalized spacial score (nSPS) is 21.3. The number of rotatable bonds is 3. The first kappa shape index (κ1) is 21.2. The standard InChI is InChI=1S/C27H24FN3O2/c1-30-24-9-8-19(18-5-2-4-17(12-18)15-29)14-23(24)26-22(25(30)16-32)10-11-31(26)27(33)20-6-3-7-21(28)13-20/h2-9,12-14,22,25-26,32H,10-11,16H2,1H3/t22-,25+,26-/m1/s1. The molecule has 3 aromatic carbocycles. The van der Waals surface area contributed by atoms with E-state index in [9.17, 15) is 19.6 Å². The minimum atomic E-state index is -0.437. The van der Waals surface area contributed by atoms with Crippen molar-refractivity contribution in [3.05, 3.63) is 89.2 Å². The number of carbonyl (C=O) groups excluding carboxylic acids is 1. The van der Waals surface area contributed by atoms with Crippen molar-refractivity contribution in [2.45, 2.75) is 18.5 Å². The summed E-state index contributed by atoms with van der Waals surface area (Å²) in [6.45, 7) is 0.535. The molecule has 5 rings (SSSR count). The number of nitrogens with zero attached hydrogens (tertiary/aromatic N) is 3. The highest BCUT2D eigenvalue weighted by Crippen LogP contribution is 2.49. The van der Waals surface area contributed by atoms with Crippen LogP contribution in [0.1, 0.15) is 33.9 Å². The van der Waals surface area contributed by atoms with Gasteiger partial charge in [-0.3, -0.25) is 4.79 Å². The average Bonchev–Trinajstić information content (AvgIpc) is 3.28. The van der Waals surface area contributed by atoms with Gasteiger partial charge in [0, 0.05) is 30.8 Å². The fourth-order valence-electron chi connectivity index (χ4n) is 5.42. The van der Waals surface area contributed by atoms with Crippen LogP contribution in [0, 0.1) is 23.1 Å². The van der Waals surface area contributed by atoms with Crippen LogP contribution < -0.4 is 4.90 Å². The number of halogens is 1. The zero-order chi connectivity index (χ0) is 23.1. The van der Waals surface area contributed by atoms with Crippen LogP contribution in [0.15, 0.2) is 66.7 Å². The fourth-order valence-corrected chi connectivity index (χ4v) is 5.42. The molecule has 1 saturated heterocycles. The minimum Gasteiger partial charge on any atom is -0.394 e. The smallest absolute Gasteiger partial charge is 0.254 e. The number of anilines is 1. The predicted octanol–water partition coefficient (Wildman–Crippen LogP) is 4.38. The van der Waals surface area contributed by atoms with Crippen LogP contribution in [-0.2, 0) is 0 Å². The molecule has 0 radical (unpaired) electrons. The molecule has 5 nitrogen and oxygen atoms in total. The molecule has 3 aromatic rings. The first-order valence-corrected chi connectivity index (χ1v) is 11.1. The topological polar surface area (TPSA) is 67.6 Å². The molecule has 2 aliphatic heterocycles. The van der Waals surface area contributed by atoms with Gasteiger partial charge in [-0.15, -0.1) is 0 Å². The van der Waals surface area contributed by atoms with Gasteiger partial charge in [0.25, 0.3) is 5.91 Å². The summed E-state index contributed by atoms with van der Waals surface area (Å²) in [7, 11) is 1.98. The number of aliphatic hydroxyl groups excluding tert-OH is 1. The molecule has 0 unspecified atom stereocenters. The summed E-state index contributed by atoms with van der Waals surface area (Å²) in [4.78, 5) is 17.3. The Balaban J connectivity index is 1.61. The van der Waals surface area contributed by atoms with Crippen LogP contribution in [0.3, 0.4) is 0 Å². The third-order valence-electron chi connectivity index (χ3n) is 7.01. The Labute approximate surface area is 192 Å². The van der Waals surface area contributed by atoms with Crippen molar-refractivity contribution in [2.24, 2.45) is 5.92 Å². The Morgan fingerprint density at radius 2 is 1.91 bits per heavy atom. The number of carbonyl (C=O) groups is 1. The van der Waals surface area contributed by atoms with E-state index in [1.165, 1.54) is 12.1 Å². The SMILES string of the molecule is CN1c2ccc(-c3cccc(C#N)c3)cc2[C@H]2[C@H](CCN2C(=O)c2cccc(F)c2)[C@@H]1CO. The van der Waals surface area contributed by atoms with Crippen molar-refractivity contribution < 1.29 is 14.3 Å². The van der Waals surface area contributed by atoms with Crippen LogP contribution in [-0.4, -0.2) is 42.2 Å². The largest absolute Gasteiger partial charge is 0.394 e. The zero-order valence-electron chi connectivity index (χ0n) is 18.3. The van der Waals surface area contributed by atoms with E-state index in [1.54, 1.807) is 18.2 Å². The van der Waals surface area contributed by atoms with Crippen molar-refractivity contribution in [3.63, 3.8) is 0 Å². The third-order valence-corrected chi connectivity index (χ3v) is 7.01. The van der Waals surface area contributed by atoms with Crippen molar-refractivity contribution in [3.8, 4) is 17.2 Å². The highest BCUT2D eigenvalue weighted by atomic mass is 19.1. The van der Waals surface area contributed by atoms with Gasteiger partial charge >= 0.3 is 0 Å². The molecule has 0 bridgehead atoms. The van der Waals surface area contributed by atoms with Gasteiger partial charge < -0.3 is 14.9 Å². The third kappa shape index (κ3) is 3.55. The number of likely N-dealkylation sites (tertiary alicyclic amines) is 1. The van der Waals surface area contributed by atoms with E-state index in [-0.39, 0.29) is 30.5 Å². The molecule has 3 atom stereocenters. The first-order valence-electron chi connectivity index (χ1n) is 11.1. The van der Waals surface area contributed by atoms with Gasteiger partial charge in [0.2, 0.25) is 0 Å². The number of benzene rings is 3. The predicted molar refractivity (Wildman–Crippen MR) is 124 cm³/mol. The maximum atomic E-state index is 13.8. The van der Waals surface area contributed by atoms with E-state index in [0.717, 1.165) is 28.8 Å². The second-order valence-corrected chi connectivity index (χ2v) is 8.73. The number of amides is 1. The fraction of sp³-hybridized carbons (Fsp3) is 0.259. The average molecular weight is 442 g/mol. The van der Waals surface area contributed by atoms with Gasteiger partial charge in [-0.2, -0.15) is 5.26 Å². The van der Waals surface area contributed by atoms with Crippen molar-refractivity contribution in [1.82, 2.24) is 4.90 Å². The summed E-state index contributed by atoms with van der Waals surface area (Å²) in [6, 6.07) is 21.2. The van der Waals surface area contributed by atoms with E-state index in [1.807, 2.05) is 42.3 Å². The molecule has 0 aliphatic carbocycles. The summed E-state index contributed by atoms with van der Waals surface area (Å²) < 4.78 is 13.8. The number of hydrogen-bond acceptors (Lipinski definition) is 4. The van der Waals surface area contributed by atoms with E-state index in [0.29, 0.717) is 17.7 Å². The highest BCUT2D eigenvalue weighted by Gasteiger charge is 2.47. The molecule has 1 fully saturated rings. The van der Waals surface area contributed by atoms with Crippen LogP contribution in [0.4, 0.5) is 10.1 Å². The summed E-state index contributed by atoms with van der Waals surface area (Å²) in [5.74, 6) is -0.579. The summed E-state index contributed by atoms with van der Waals surface area (Å²) in [5.41, 5.74) is 4.79. The second kappa shape index (κ2) is 8.34. The van der Waals surface area contributed by atoms with Gasteiger partial charge in [0.1, 0.15) is 5.82 Å². The Morgan fingerprint density at radius 3 is 2.67 bits per heavy atom. The molecule has 33 heavy (non-hydrogen) atoms. The lowest BCUT2D eigenvalue weighted by Gasteiger charge is -2.44. The van der Waals surface area contributed by atoms with Crippen LogP contribution in [0.5, 0.6) is 0 Å². The van der Waals surface area contributed by atoms with Crippen LogP contribution in [0.25, 0.3) is 11.1 Å². The Kier molecular flexibility index (Phi) is 5.35. The lowest BCUT2D eigenvalue weighted by Crippen LogP contribution is -2.48. The van der Waals surface area contributed by atoms with Gasteiger partial charge in [0.05, 0.1) is 30.3 Å². The number of hydrogen-bond donors (Lipinski definition) is 1. The summed E-state index contributed by atoms with van der Waals surface area (Å²) in [6.07, 6.45) is 0.759. The van der Waals surface area contributed by atoms with Crippen LogP contribution in [0.2, 0.25) is 0 Å². The van der Waals surface area contributed by atoms with E-state index >= 15 is 0 Å². The Morgan fingerprint density at radius 1 is 1.12 bits per heavy atom. The Bertz CT molecular complexity index is 1270. The van der Waals surface area contributed by atoms with E-state index in [4.69, 9.17) is 0 Å². The molecule has 0 saturated carbocycles. The molecular weight excluding hydrogens is 417 g/mol. The molecule has 166 valence electrons. The number of aliphatic hydroxyl groups is 1. The molecule has 6 heteroatoms. The minimum absolute atomic E-state index is 0.00886. The maximum Gasteiger partial charge on any atom is 0.254 e. The first-order chi connectivity index (χ1) is 16.0. The van der Waals surface area contributed by atoms with Crippen molar-refractivity contribution >= 4 is 11.6 Å². The van der Waals surface area contributed by atoms with Crippen molar-refractivity contribution in [1.29, 1.82) is 5.26 Å². The molecular formula is C27H24FN3O2. The molecule has 0 spiro atoms. The van der Waals surface area contributed by atoms with Gasteiger partial charge in [-0.05, 0) is 65.6 Å².